The standard InChI is InChI=1S/C19H18N6/c1-3-15(4-1)23-18-6-2-5-16(24-18)17-11-20-19-8-7-13(12-25(17)19)14-9-21-22-10-14/h2,5-12,15H,1,3-4H2,(H,21,22)(H,23,24). The highest BCUT2D eigenvalue weighted by Gasteiger charge is 2.17. The lowest BCUT2D eigenvalue weighted by Crippen LogP contribution is -2.27. The number of pyridine rings is 2. The van der Waals surface area contributed by atoms with Gasteiger partial charge in [0.25, 0.3) is 0 Å². The minimum absolute atomic E-state index is 0.567. The molecule has 0 spiro atoms. The van der Waals surface area contributed by atoms with Gasteiger partial charge in [-0.05, 0) is 43.5 Å². The smallest absolute Gasteiger partial charge is 0.137 e. The quantitative estimate of drug-likeness (QED) is 0.598. The fourth-order valence-corrected chi connectivity index (χ4v) is 3.17. The Morgan fingerprint density at radius 2 is 2.04 bits per heavy atom. The number of aromatic amines is 1. The van der Waals surface area contributed by atoms with Crippen molar-refractivity contribution in [2.45, 2.75) is 25.3 Å². The number of hydrogen-bond donors (Lipinski definition) is 2. The highest BCUT2D eigenvalue weighted by molar-refractivity contribution is 5.67. The molecular formula is C19H18N6. The second-order valence-electron chi connectivity index (χ2n) is 6.46. The van der Waals surface area contributed by atoms with Crippen LogP contribution in [0.4, 0.5) is 5.82 Å². The van der Waals surface area contributed by atoms with Crippen molar-refractivity contribution in [3.8, 4) is 22.5 Å². The molecule has 0 aromatic carbocycles. The van der Waals surface area contributed by atoms with Crippen molar-refractivity contribution in [3.63, 3.8) is 0 Å². The molecule has 0 unspecified atom stereocenters. The van der Waals surface area contributed by atoms with Crippen molar-refractivity contribution in [2.75, 3.05) is 5.32 Å². The first-order valence-electron chi connectivity index (χ1n) is 8.57. The van der Waals surface area contributed by atoms with Crippen molar-refractivity contribution in [1.29, 1.82) is 0 Å². The maximum absolute atomic E-state index is 4.79. The number of nitrogens with one attached hydrogen (secondary N) is 2. The van der Waals surface area contributed by atoms with Crippen LogP contribution >= 0.6 is 0 Å². The van der Waals surface area contributed by atoms with E-state index in [1.807, 2.05) is 42.9 Å². The number of nitrogens with zero attached hydrogens (tertiary/aromatic N) is 4. The Bertz CT molecular complexity index is 1010. The number of aromatic nitrogens is 5. The maximum Gasteiger partial charge on any atom is 0.137 e. The zero-order chi connectivity index (χ0) is 16.6. The molecule has 124 valence electrons. The van der Waals surface area contributed by atoms with Crippen LogP contribution in [0.3, 0.4) is 0 Å². The molecule has 4 aromatic rings. The molecule has 5 rings (SSSR count). The van der Waals surface area contributed by atoms with Crippen LogP contribution in [0, 0.1) is 0 Å². The van der Waals surface area contributed by atoms with Crippen LogP contribution in [-0.2, 0) is 0 Å². The predicted octanol–water partition coefficient (Wildman–Crippen LogP) is 3.75. The molecule has 6 heteroatoms. The molecule has 6 nitrogen and oxygen atoms in total. The van der Waals surface area contributed by atoms with E-state index in [0.29, 0.717) is 6.04 Å². The van der Waals surface area contributed by atoms with Crippen molar-refractivity contribution in [1.82, 2.24) is 24.6 Å². The van der Waals surface area contributed by atoms with E-state index in [1.165, 1.54) is 19.3 Å². The van der Waals surface area contributed by atoms with Crippen LogP contribution in [0.25, 0.3) is 28.2 Å². The van der Waals surface area contributed by atoms with E-state index in [4.69, 9.17) is 4.98 Å². The highest BCUT2D eigenvalue weighted by Crippen LogP contribution is 2.26. The van der Waals surface area contributed by atoms with E-state index in [-0.39, 0.29) is 0 Å². The number of H-pyrrole nitrogens is 1. The van der Waals surface area contributed by atoms with Crippen LogP contribution in [-0.4, -0.2) is 30.6 Å². The second-order valence-corrected chi connectivity index (χ2v) is 6.46. The van der Waals surface area contributed by atoms with E-state index >= 15 is 0 Å². The molecule has 1 aliphatic rings. The summed E-state index contributed by atoms with van der Waals surface area (Å²) < 4.78 is 2.08. The summed E-state index contributed by atoms with van der Waals surface area (Å²) in [5.41, 5.74) is 4.94. The molecule has 1 fully saturated rings. The third-order valence-corrected chi connectivity index (χ3v) is 4.81. The van der Waals surface area contributed by atoms with Crippen LogP contribution in [0.15, 0.2) is 55.1 Å². The fourth-order valence-electron chi connectivity index (χ4n) is 3.17. The summed E-state index contributed by atoms with van der Waals surface area (Å²) in [6.45, 7) is 0. The highest BCUT2D eigenvalue weighted by atomic mass is 15.1. The summed E-state index contributed by atoms with van der Waals surface area (Å²) in [4.78, 5) is 9.30. The minimum Gasteiger partial charge on any atom is -0.367 e. The number of anilines is 1. The monoisotopic (exact) mass is 330 g/mol. The van der Waals surface area contributed by atoms with Gasteiger partial charge in [-0.25, -0.2) is 9.97 Å². The summed E-state index contributed by atoms with van der Waals surface area (Å²) in [6.07, 6.45) is 11.4. The topological polar surface area (TPSA) is 70.9 Å². The molecule has 0 saturated heterocycles. The van der Waals surface area contributed by atoms with Gasteiger partial charge in [0, 0.05) is 29.6 Å². The van der Waals surface area contributed by atoms with E-state index in [0.717, 1.165) is 34.0 Å². The van der Waals surface area contributed by atoms with Gasteiger partial charge in [0.1, 0.15) is 11.5 Å². The second kappa shape index (κ2) is 5.73. The summed E-state index contributed by atoms with van der Waals surface area (Å²) in [5.74, 6) is 0.933. The van der Waals surface area contributed by atoms with Crippen molar-refractivity contribution < 1.29 is 0 Å². The zero-order valence-electron chi connectivity index (χ0n) is 13.7. The van der Waals surface area contributed by atoms with E-state index in [2.05, 4.69) is 37.2 Å². The molecule has 25 heavy (non-hydrogen) atoms. The van der Waals surface area contributed by atoms with Crippen molar-refractivity contribution in [3.05, 3.63) is 55.1 Å². The molecule has 4 heterocycles. The lowest BCUT2D eigenvalue weighted by Gasteiger charge is -2.27. The lowest BCUT2D eigenvalue weighted by atomic mass is 9.93. The Morgan fingerprint density at radius 1 is 1.08 bits per heavy atom. The third-order valence-electron chi connectivity index (χ3n) is 4.81. The Balaban J connectivity index is 1.55. The van der Waals surface area contributed by atoms with Crippen LogP contribution in [0.2, 0.25) is 0 Å². The predicted molar refractivity (Wildman–Crippen MR) is 97.3 cm³/mol. The maximum atomic E-state index is 4.79. The van der Waals surface area contributed by atoms with Gasteiger partial charge < -0.3 is 5.32 Å². The number of fused-ring (bicyclic) bond motifs is 1. The van der Waals surface area contributed by atoms with Crippen molar-refractivity contribution in [2.24, 2.45) is 0 Å². The normalized spacial score (nSPS) is 14.6. The van der Waals surface area contributed by atoms with Crippen LogP contribution in [0.5, 0.6) is 0 Å². The largest absolute Gasteiger partial charge is 0.367 e. The molecule has 0 radical (unpaired) electrons. The molecule has 1 saturated carbocycles. The summed E-state index contributed by atoms with van der Waals surface area (Å²) in [6, 6.07) is 10.7. The van der Waals surface area contributed by atoms with Crippen molar-refractivity contribution >= 4 is 11.5 Å². The summed E-state index contributed by atoms with van der Waals surface area (Å²) in [5, 5.41) is 10.4. The van der Waals surface area contributed by atoms with Gasteiger partial charge in [0.05, 0.1) is 23.8 Å². The van der Waals surface area contributed by atoms with Gasteiger partial charge in [0.15, 0.2) is 0 Å². The molecule has 1 aliphatic carbocycles. The van der Waals surface area contributed by atoms with E-state index < -0.39 is 0 Å². The molecular weight excluding hydrogens is 312 g/mol. The summed E-state index contributed by atoms with van der Waals surface area (Å²) >= 11 is 0. The summed E-state index contributed by atoms with van der Waals surface area (Å²) in [7, 11) is 0. The Labute approximate surface area is 145 Å². The van der Waals surface area contributed by atoms with Gasteiger partial charge in [-0.2, -0.15) is 5.10 Å². The average Bonchev–Trinajstić information content (AvgIpc) is 3.27. The lowest BCUT2D eigenvalue weighted by molar-refractivity contribution is 0.444. The first kappa shape index (κ1) is 14.2. The minimum atomic E-state index is 0.567. The van der Waals surface area contributed by atoms with E-state index in [9.17, 15) is 0 Å². The Morgan fingerprint density at radius 3 is 2.84 bits per heavy atom. The van der Waals surface area contributed by atoms with Gasteiger partial charge in [-0.3, -0.25) is 9.50 Å². The zero-order valence-corrected chi connectivity index (χ0v) is 13.7. The Kier molecular flexibility index (Phi) is 3.26. The molecule has 0 atom stereocenters. The van der Waals surface area contributed by atoms with E-state index in [1.54, 1.807) is 0 Å². The first-order valence-corrected chi connectivity index (χ1v) is 8.57. The van der Waals surface area contributed by atoms with Gasteiger partial charge in [-0.1, -0.05) is 6.07 Å². The first-order chi connectivity index (χ1) is 12.4. The molecule has 0 bridgehead atoms. The van der Waals surface area contributed by atoms with Crippen LogP contribution in [0.1, 0.15) is 19.3 Å². The number of hydrogen-bond acceptors (Lipinski definition) is 4. The SMILES string of the molecule is c1cc(NC2CCC2)nc(-c2cnc3ccc(-c4cn[nH]c4)cn23)c1. The fraction of sp³-hybridized carbons (Fsp3) is 0.211. The molecule has 0 aliphatic heterocycles. The number of rotatable bonds is 4. The molecule has 4 aromatic heterocycles. The average molecular weight is 330 g/mol. The molecule has 0 amide bonds. The Hall–Kier alpha value is -3.15. The van der Waals surface area contributed by atoms with Gasteiger partial charge in [-0.15, -0.1) is 0 Å². The third kappa shape index (κ3) is 2.55. The van der Waals surface area contributed by atoms with Gasteiger partial charge in [0.2, 0.25) is 0 Å². The molecule has 2 N–H and O–H groups in total. The number of imidazole rings is 1. The van der Waals surface area contributed by atoms with Crippen LogP contribution < -0.4 is 5.32 Å². The van der Waals surface area contributed by atoms with Gasteiger partial charge >= 0.3 is 0 Å².